The van der Waals surface area contributed by atoms with E-state index >= 15 is 0 Å². The zero-order chi connectivity index (χ0) is 12.4. The fraction of sp³-hybridized carbons (Fsp3) is 0.214. The van der Waals surface area contributed by atoms with Crippen molar-refractivity contribution >= 4 is 11.5 Å². The van der Waals surface area contributed by atoms with Gasteiger partial charge in [0.25, 0.3) is 0 Å². The van der Waals surface area contributed by atoms with Gasteiger partial charge in [0.15, 0.2) is 0 Å². The van der Waals surface area contributed by atoms with E-state index in [1.54, 1.807) is 0 Å². The Morgan fingerprint density at radius 2 is 1.82 bits per heavy atom. The molecule has 0 aliphatic carbocycles. The molecule has 1 aromatic heterocycles. The van der Waals surface area contributed by atoms with Crippen molar-refractivity contribution in [1.82, 2.24) is 4.98 Å². The van der Waals surface area contributed by atoms with Crippen LogP contribution in [0.5, 0.6) is 0 Å². The quantitative estimate of drug-likeness (QED) is 0.857. The van der Waals surface area contributed by atoms with Crippen LogP contribution in [0.3, 0.4) is 0 Å². The molecule has 3 nitrogen and oxygen atoms in total. The molecule has 88 valence electrons. The lowest BCUT2D eigenvalue weighted by molar-refractivity contribution is 1.11. The minimum Gasteiger partial charge on any atom is -0.384 e. The van der Waals surface area contributed by atoms with Crippen LogP contribution in [-0.2, 0) is 0 Å². The third-order valence-corrected chi connectivity index (χ3v) is 2.82. The van der Waals surface area contributed by atoms with E-state index in [9.17, 15) is 0 Å². The summed E-state index contributed by atoms with van der Waals surface area (Å²) in [4.78, 5) is 6.20. The Bertz CT molecular complexity index is 533. The molecule has 2 aromatic rings. The predicted octanol–water partition coefficient (Wildman–Crippen LogP) is 2.71. The van der Waals surface area contributed by atoms with Gasteiger partial charge in [-0.05, 0) is 24.1 Å². The van der Waals surface area contributed by atoms with Crippen molar-refractivity contribution in [2.45, 2.75) is 6.92 Å². The highest BCUT2D eigenvalue weighted by Crippen LogP contribution is 2.32. The number of nitrogens with zero attached hydrogens (tertiary/aromatic N) is 2. The summed E-state index contributed by atoms with van der Waals surface area (Å²) in [7, 11) is 4.02. The second kappa shape index (κ2) is 4.45. The average molecular weight is 227 g/mol. The molecule has 2 rings (SSSR count). The summed E-state index contributed by atoms with van der Waals surface area (Å²) >= 11 is 0. The Balaban J connectivity index is 2.65. The van der Waals surface area contributed by atoms with Gasteiger partial charge < -0.3 is 10.6 Å². The Hall–Kier alpha value is -2.03. The maximum atomic E-state index is 5.79. The molecule has 0 atom stereocenters. The van der Waals surface area contributed by atoms with Gasteiger partial charge >= 0.3 is 0 Å². The van der Waals surface area contributed by atoms with E-state index in [4.69, 9.17) is 5.73 Å². The van der Waals surface area contributed by atoms with Gasteiger partial charge in [0.2, 0.25) is 0 Å². The molecule has 0 saturated carbocycles. The zero-order valence-corrected chi connectivity index (χ0v) is 10.4. The molecule has 1 aromatic carbocycles. The molecular formula is C14H17N3. The number of pyridine rings is 1. The first-order valence-corrected chi connectivity index (χ1v) is 5.58. The van der Waals surface area contributed by atoms with Gasteiger partial charge in [-0.25, -0.2) is 4.98 Å². The molecule has 3 heteroatoms. The molecule has 0 fully saturated rings. The summed E-state index contributed by atoms with van der Waals surface area (Å²) in [5.41, 5.74) is 10.4. The van der Waals surface area contributed by atoms with Crippen LogP contribution in [-0.4, -0.2) is 19.1 Å². The summed E-state index contributed by atoms with van der Waals surface area (Å²) in [6.07, 6.45) is 1.82. The Labute approximate surface area is 102 Å². The lowest BCUT2D eigenvalue weighted by Crippen LogP contribution is -2.11. The van der Waals surface area contributed by atoms with Gasteiger partial charge in [0.05, 0.1) is 11.9 Å². The lowest BCUT2D eigenvalue weighted by Gasteiger charge is -2.18. The van der Waals surface area contributed by atoms with Gasteiger partial charge in [-0.3, -0.25) is 0 Å². The summed E-state index contributed by atoms with van der Waals surface area (Å²) in [6, 6.07) is 10.2. The fourth-order valence-corrected chi connectivity index (χ4v) is 1.91. The van der Waals surface area contributed by atoms with Crippen LogP contribution in [0, 0.1) is 6.92 Å². The fourth-order valence-electron chi connectivity index (χ4n) is 1.91. The topological polar surface area (TPSA) is 42.1 Å². The van der Waals surface area contributed by atoms with Gasteiger partial charge in [-0.15, -0.1) is 0 Å². The highest BCUT2D eigenvalue weighted by atomic mass is 15.1. The predicted molar refractivity (Wildman–Crippen MR) is 73.1 cm³/mol. The van der Waals surface area contributed by atoms with Crippen LogP contribution in [0.15, 0.2) is 36.5 Å². The van der Waals surface area contributed by atoms with Crippen molar-refractivity contribution in [2.24, 2.45) is 0 Å². The van der Waals surface area contributed by atoms with Crippen LogP contribution >= 0.6 is 0 Å². The molecule has 0 spiro atoms. The van der Waals surface area contributed by atoms with Crippen LogP contribution in [0.25, 0.3) is 11.1 Å². The van der Waals surface area contributed by atoms with Crippen molar-refractivity contribution in [3.05, 3.63) is 42.1 Å². The van der Waals surface area contributed by atoms with E-state index in [1.165, 1.54) is 11.1 Å². The van der Waals surface area contributed by atoms with Crippen molar-refractivity contribution in [3.63, 3.8) is 0 Å². The first kappa shape index (κ1) is 11.5. The van der Waals surface area contributed by atoms with Crippen LogP contribution in [0.4, 0.5) is 11.5 Å². The summed E-state index contributed by atoms with van der Waals surface area (Å²) in [5, 5.41) is 0. The third kappa shape index (κ3) is 2.23. The van der Waals surface area contributed by atoms with E-state index in [0.29, 0.717) is 5.82 Å². The second-order valence-corrected chi connectivity index (χ2v) is 4.34. The van der Waals surface area contributed by atoms with E-state index < -0.39 is 0 Å². The van der Waals surface area contributed by atoms with Crippen molar-refractivity contribution < 1.29 is 0 Å². The lowest BCUT2D eigenvalue weighted by atomic mass is 10.00. The third-order valence-electron chi connectivity index (χ3n) is 2.82. The normalized spacial score (nSPS) is 10.3. The van der Waals surface area contributed by atoms with Gasteiger partial charge in [0.1, 0.15) is 5.82 Å². The minimum atomic E-state index is 0.550. The van der Waals surface area contributed by atoms with E-state index in [0.717, 1.165) is 11.3 Å². The Morgan fingerprint density at radius 3 is 2.47 bits per heavy atom. The molecule has 0 saturated heterocycles. The second-order valence-electron chi connectivity index (χ2n) is 4.34. The largest absolute Gasteiger partial charge is 0.384 e. The maximum Gasteiger partial charge on any atom is 0.124 e. The number of anilines is 2. The Morgan fingerprint density at radius 1 is 1.12 bits per heavy atom. The number of rotatable bonds is 2. The van der Waals surface area contributed by atoms with E-state index in [2.05, 4.69) is 24.0 Å². The molecular weight excluding hydrogens is 210 g/mol. The van der Waals surface area contributed by atoms with E-state index in [-0.39, 0.29) is 0 Å². The zero-order valence-electron chi connectivity index (χ0n) is 10.4. The summed E-state index contributed by atoms with van der Waals surface area (Å²) in [5.74, 6) is 0.550. The number of aromatic nitrogens is 1. The standard InChI is InChI=1S/C14H17N3/c1-10-6-4-5-7-11(10)12-8-14(15)16-9-13(12)17(2)3/h4-9H,1-3H3,(H2,15,16). The molecule has 2 N–H and O–H groups in total. The average Bonchev–Trinajstić information content (AvgIpc) is 2.29. The number of nitrogens with two attached hydrogens (primary N) is 1. The van der Waals surface area contributed by atoms with Crippen molar-refractivity contribution in [2.75, 3.05) is 24.7 Å². The molecule has 0 aliphatic heterocycles. The summed E-state index contributed by atoms with van der Waals surface area (Å²) < 4.78 is 0. The van der Waals surface area contributed by atoms with Crippen LogP contribution in [0.2, 0.25) is 0 Å². The first-order valence-electron chi connectivity index (χ1n) is 5.58. The van der Waals surface area contributed by atoms with Crippen molar-refractivity contribution in [1.29, 1.82) is 0 Å². The number of benzene rings is 1. The minimum absolute atomic E-state index is 0.550. The number of aryl methyl sites for hydroxylation is 1. The molecule has 0 unspecified atom stereocenters. The first-order chi connectivity index (χ1) is 8.09. The molecule has 17 heavy (non-hydrogen) atoms. The maximum absolute atomic E-state index is 5.79. The highest BCUT2D eigenvalue weighted by Gasteiger charge is 2.09. The number of hydrogen-bond donors (Lipinski definition) is 1. The van der Waals surface area contributed by atoms with E-state index in [1.807, 2.05) is 43.4 Å². The number of hydrogen-bond acceptors (Lipinski definition) is 3. The molecule has 0 bridgehead atoms. The van der Waals surface area contributed by atoms with Gasteiger partial charge in [0, 0.05) is 19.7 Å². The SMILES string of the molecule is Cc1ccccc1-c1cc(N)ncc1N(C)C. The summed E-state index contributed by atoms with van der Waals surface area (Å²) in [6.45, 7) is 2.10. The van der Waals surface area contributed by atoms with Gasteiger partial charge in [-0.2, -0.15) is 0 Å². The molecule has 0 aliphatic rings. The van der Waals surface area contributed by atoms with Gasteiger partial charge in [-0.1, -0.05) is 24.3 Å². The number of nitrogen functional groups attached to an aromatic ring is 1. The highest BCUT2D eigenvalue weighted by molar-refractivity contribution is 5.81. The molecule has 0 radical (unpaired) electrons. The Kier molecular flexibility index (Phi) is 3.00. The molecule has 0 amide bonds. The van der Waals surface area contributed by atoms with Crippen LogP contribution < -0.4 is 10.6 Å². The monoisotopic (exact) mass is 227 g/mol. The van der Waals surface area contributed by atoms with Crippen LogP contribution in [0.1, 0.15) is 5.56 Å². The smallest absolute Gasteiger partial charge is 0.124 e. The van der Waals surface area contributed by atoms with Crippen molar-refractivity contribution in [3.8, 4) is 11.1 Å². The molecule has 1 heterocycles.